The number of sulfonamides is 1. The number of benzene rings is 1. The van der Waals surface area contributed by atoms with Gasteiger partial charge in [-0.05, 0) is 17.7 Å². The molecule has 0 saturated heterocycles. The number of anilines is 1. The molecule has 0 unspecified atom stereocenters. The quantitative estimate of drug-likeness (QED) is 0.634. The molecule has 0 aromatic heterocycles. The molecule has 0 amide bonds. The molecule has 1 aromatic rings. The van der Waals surface area contributed by atoms with E-state index >= 15 is 0 Å². The molecule has 0 bridgehead atoms. The number of hydrogen-bond donors (Lipinski definition) is 3. The number of nitrogens with one attached hydrogen (secondary N) is 1. The van der Waals surface area contributed by atoms with Crippen molar-refractivity contribution in [1.29, 1.82) is 0 Å². The predicted molar refractivity (Wildman–Crippen MR) is 52.5 cm³/mol. The van der Waals surface area contributed by atoms with E-state index in [-0.39, 0.29) is 18.0 Å². The molecule has 1 aromatic carbocycles. The van der Waals surface area contributed by atoms with Crippen LogP contribution in [0.4, 0.5) is 5.69 Å². The summed E-state index contributed by atoms with van der Waals surface area (Å²) >= 11 is 0. The Hall–Kier alpha value is -1.27. The average Bonchev–Trinajstić information content (AvgIpc) is 2.06. The maximum Gasteiger partial charge on any atom is 0.229 e. The monoisotopic (exact) mass is 217 g/mol. The largest absolute Gasteiger partial charge is 0.506 e. The van der Waals surface area contributed by atoms with Gasteiger partial charge in [-0.2, -0.15) is 0 Å². The van der Waals surface area contributed by atoms with Crippen LogP contribution in [0.15, 0.2) is 18.2 Å². The van der Waals surface area contributed by atoms with E-state index in [1.54, 1.807) is 0 Å². The Kier molecular flexibility index (Phi) is 2.97. The molecule has 0 heterocycles. The summed E-state index contributed by atoms with van der Waals surface area (Å²) in [6.07, 6.45) is 0.984. The van der Waals surface area contributed by atoms with Gasteiger partial charge in [0.25, 0.3) is 0 Å². The molecule has 0 saturated carbocycles. The number of aliphatic hydroxyl groups is 1. The fourth-order valence-corrected chi connectivity index (χ4v) is 1.53. The lowest BCUT2D eigenvalue weighted by molar-refractivity contribution is 0.282. The minimum absolute atomic E-state index is 0.0686. The summed E-state index contributed by atoms with van der Waals surface area (Å²) in [5.41, 5.74) is 0.591. The highest BCUT2D eigenvalue weighted by atomic mass is 32.2. The van der Waals surface area contributed by atoms with Crippen molar-refractivity contribution in [2.45, 2.75) is 6.61 Å². The molecule has 0 spiro atoms. The van der Waals surface area contributed by atoms with E-state index in [1.807, 2.05) is 0 Å². The molecule has 0 fully saturated rings. The minimum atomic E-state index is -3.42. The maximum atomic E-state index is 10.9. The summed E-state index contributed by atoms with van der Waals surface area (Å²) in [5, 5.41) is 18.1. The van der Waals surface area contributed by atoms with Crippen LogP contribution in [0.1, 0.15) is 5.56 Å². The normalized spacial score (nSPS) is 11.3. The molecule has 0 radical (unpaired) electrons. The fraction of sp³-hybridized carbons (Fsp3) is 0.250. The van der Waals surface area contributed by atoms with E-state index in [0.29, 0.717) is 5.56 Å². The van der Waals surface area contributed by atoms with Crippen LogP contribution in [0.3, 0.4) is 0 Å². The van der Waals surface area contributed by atoms with Crippen molar-refractivity contribution in [2.24, 2.45) is 0 Å². The molecular formula is C8H11NO4S. The van der Waals surface area contributed by atoms with Gasteiger partial charge in [0.2, 0.25) is 10.0 Å². The molecule has 6 heteroatoms. The van der Waals surface area contributed by atoms with Crippen LogP contribution in [0.5, 0.6) is 5.75 Å². The zero-order chi connectivity index (χ0) is 10.8. The summed E-state index contributed by atoms with van der Waals surface area (Å²) in [6.45, 7) is -0.210. The molecular weight excluding hydrogens is 206 g/mol. The molecule has 78 valence electrons. The van der Waals surface area contributed by atoms with Crippen LogP contribution in [0.2, 0.25) is 0 Å². The van der Waals surface area contributed by atoms with E-state index in [1.165, 1.54) is 18.2 Å². The highest BCUT2D eigenvalue weighted by molar-refractivity contribution is 7.92. The molecule has 0 aliphatic heterocycles. The maximum absolute atomic E-state index is 10.9. The molecule has 0 aliphatic rings. The Morgan fingerprint density at radius 2 is 2.07 bits per heavy atom. The Morgan fingerprint density at radius 3 is 2.57 bits per heavy atom. The van der Waals surface area contributed by atoms with Crippen LogP contribution in [0, 0.1) is 0 Å². The third-order valence-corrected chi connectivity index (χ3v) is 2.13. The Bertz CT molecular complexity index is 427. The van der Waals surface area contributed by atoms with Crippen LogP contribution in [0.25, 0.3) is 0 Å². The summed E-state index contributed by atoms with van der Waals surface area (Å²) in [5.74, 6) is -0.173. The zero-order valence-electron chi connectivity index (χ0n) is 7.56. The lowest BCUT2D eigenvalue weighted by Gasteiger charge is -2.07. The van der Waals surface area contributed by atoms with Gasteiger partial charge in [0.15, 0.2) is 0 Å². The van der Waals surface area contributed by atoms with Gasteiger partial charge in [-0.3, -0.25) is 4.72 Å². The Balaban J connectivity index is 3.07. The third-order valence-electron chi connectivity index (χ3n) is 1.54. The predicted octanol–water partition coefficient (Wildman–Crippen LogP) is 0.256. The molecule has 0 aliphatic carbocycles. The number of aliphatic hydroxyl groups excluding tert-OH is 1. The lowest BCUT2D eigenvalue weighted by atomic mass is 10.2. The van der Waals surface area contributed by atoms with Crippen LogP contribution in [-0.2, 0) is 16.6 Å². The number of phenols is 1. The second kappa shape index (κ2) is 3.85. The summed E-state index contributed by atoms with van der Waals surface area (Å²) in [7, 11) is -3.42. The van der Waals surface area contributed by atoms with Gasteiger partial charge in [-0.15, -0.1) is 0 Å². The third kappa shape index (κ3) is 2.90. The van der Waals surface area contributed by atoms with Crippen molar-refractivity contribution < 1.29 is 18.6 Å². The highest BCUT2D eigenvalue weighted by Crippen LogP contribution is 2.24. The van der Waals surface area contributed by atoms with Crippen LogP contribution in [-0.4, -0.2) is 24.9 Å². The second-order valence-corrected chi connectivity index (χ2v) is 4.63. The number of phenolic OH excluding ortho intramolecular Hbond substituents is 1. The molecule has 0 atom stereocenters. The summed E-state index contributed by atoms with van der Waals surface area (Å²) < 4.78 is 23.9. The Morgan fingerprint density at radius 1 is 1.43 bits per heavy atom. The Labute approximate surface area is 82.1 Å². The van der Waals surface area contributed by atoms with E-state index < -0.39 is 10.0 Å². The van der Waals surface area contributed by atoms with E-state index in [4.69, 9.17) is 5.11 Å². The summed E-state index contributed by atoms with van der Waals surface area (Å²) in [6, 6.07) is 4.19. The average molecular weight is 217 g/mol. The summed E-state index contributed by atoms with van der Waals surface area (Å²) in [4.78, 5) is 0. The van der Waals surface area contributed by atoms with Gasteiger partial charge in [-0.25, -0.2) is 8.42 Å². The van der Waals surface area contributed by atoms with Gasteiger partial charge < -0.3 is 10.2 Å². The van der Waals surface area contributed by atoms with Crippen molar-refractivity contribution in [3.63, 3.8) is 0 Å². The number of aromatic hydroxyl groups is 1. The fourth-order valence-electron chi connectivity index (χ4n) is 0.963. The smallest absolute Gasteiger partial charge is 0.229 e. The SMILES string of the molecule is CS(=O)(=O)Nc1cc(CO)ccc1O. The van der Waals surface area contributed by atoms with Crippen LogP contribution >= 0.6 is 0 Å². The van der Waals surface area contributed by atoms with Crippen molar-refractivity contribution in [2.75, 3.05) is 11.0 Å². The molecule has 1 rings (SSSR count). The first kappa shape index (κ1) is 10.8. The van der Waals surface area contributed by atoms with Gasteiger partial charge in [0.1, 0.15) is 5.75 Å². The van der Waals surface area contributed by atoms with Crippen molar-refractivity contribution in [1.82, 2.24) is 0 Å². The van der Waals surface area contributed by atoms with Crippen LogP contribution < -0.4 is 4.72 Å². The first-order valence-corrected chi connectivity index (χ1v) is 5.72. The molecule has 5 nitrogen and oxygen atoms in total. The van der Waals surface area contributed by atoms with E-state index in [0.717, 1.165) is 6.26 Å². The van der Waals surface area contributed by atoms with E-state index in [9.17, 15) is 13.5 Å². The van der Waals surface area contributed by atoms with Gasteiger partial charge in [0.05, 0.1) is 18.6 Å². The van der Waals surface area contributed by atoms with Gasteiger partial charge >= 0.3 is 0 Å². The number of rotatable bonds is 3. The number of hydrogen-bond acceptors (Lipinski definition) is 4. The lowest BCUT2D eigenvalue weighted by Crippen LogP contribution is -2.09. The molecule has 14 heavy (non-hydrogen) atoms. The standard InChI is InChI=1S/C8H11NO4S/c1-14(12,13)9-7-4-6(5-10)2-3-8(7)11/h2-4,9-11H,5H2,1H3. The van der Waals surface area contributed by atoms with Crippen molar-refractivity contribution in [3.05, 3.63) is 23.8 Å². The topological polar surface area (TPSA) is 86.6 Å². The molecule has 3 N–H and O–H groups in total. The minimum Gasteiger partial charge on any atom is -0.506 e. The second-order valence-electron chi connectivity index (χ2n) is 2.88. The van der Waals surface area contributed by atoms with E-state index in [2.05, 4.69) is 4.72 Å². The van der Waals surface area contributed by atoms with Crippen molar-refractivity contribution in [3.8, 4) is 5.75 Å². The zero-order valence-corrected chi connectivity index (χ0v) is 8.37. The van der Waals surface area contributed by atoms with Gasteiger partial charge in [-0.1, -0.05) is 6.07 Å². The highest BCUT2D eigenvalue weighted by Gasteiger charge is 2.07. The van der Waals surface area contributed by atoms with Crippen molar-refractivity contribution >= 4 is 15.7 Å². The van der Waals surface area contributed by atoms with Gasteiger partial charge in [0, 0.05) is 0 Å². The first-order chi connectivity index (χ1) is 6.42. The first-order valence-electron chi connectivity index (χ1n) is 3.83.